The molecule has 1 aliphatic heterocycles. The van der Waals surface area contributed by atoms with Crippen LogP contribution < -0.4 is 5.32 Å². The van der Waals surface area contributed by atoms with Crippen molar-refractivity contribution in [1.29, 1.82) is 0 Å². The second-order valence-corrected chi connectivity index (χ2v) is 7.66. The standard InChI is InChI=1S/C24H27N3O2/c1-18-22(23(26-29-18)21-8-4-2-5-9-21)24(28)25-16-19-10-12-20(13-11-19)17-27-14-6-3-7-15-27/h2,4-5,8-13H,3,6-7,14-17H2,1H3,(H,25,28). The van der Waals surface area contributed by atoms with Crippen LogP contribution in [0.25, 0.3) is 11.3 Å². The van der Waals surface area contributed by atoms with E-state index in [0.29, 0.717) is 23.6 Å². The minimum atomic E-state index is -0.167. The third-order valence-corrected chi connectivity index (χ3v) is 5.47. The van der Waals surface area contributed by atoms with Gasteiger partial charge in [-0.1, -0.05) is 66.2 Å². The maximum Gasteiger partial charge on any atom is 0.257 e. The first-order valence-corrected chi connectivity index (χ1v) is 10.3. The molecule has 0 bridgehead atoms. The van der Waals surface area contributed by atoms with Gasteiger partial charge in [-0.3, -0.25) is 9.69 Å². The van der Waals surface area contributed by atoms with E-state index in [2.05, 4.69) is 39.6 Å². The van der Waals surface area contributed by atoms with Crippen LogP contribution in [-0.4, -0.2) is 29.1 Å². The molecule has 150 valence electrons. The Balaban J connectivity index is 1.38. The van der Waals surface area contributed by atoms with Crippen molar-refractivity contribution in [2.75, 3.05) is 13.1 Å². The van der Waals surface area contributed by atoms with Crippen LogP contribution in [0.3, 0.4) is 0 Å². The van der Waals surface area contributed by atoms with Crippen molar-refractivity contribution in [3.8, 4) is 11.3 Å². The molecule has 2 aromatic carbocycles. The second kappa shape index (κ2) is 9.05. The van der Waals surface area contributed by atoms with Crippen molar-refractivity contribution in [3.63, 3.8) is 0 Å². The third kappa shape index (κ3) is 4.74. The van der Waals surface area contributed by atoms with Crippen molar-refractivity contribution >= 4 is 5.91 Å². The molecule has 1 aliphatic rings. The van der Waals surface area contributed by atoms with E-state index < -0.39 is 0 Å². The number of benzene rings is 2. The van der Waals surface area contributed by atoms with Crippen LogP contribution >= 0.6 is 0 Å². The second-order valence-electron chi connectivity index (χ2n) is 7.66. The molecule has 29 heavy (non-hydrogen) atoms. The largest absolute Gasteiger partial charge is 0.360 e. The molecule has 1 N–H and O–H groups in total. The molecule has 0 spiro atoms. The Morgan fingerprint density at radius 3 is 2.41 bits per heavy atom. The summed E-state index contributed by atoms with van der Waals surface area (Å²) in [7, 11) is 0. The zero-order chi connectivity index (χ0) is 20.1. The number of likely N-dealkylation sites (tertiary alicyclic amines) is 1. The molecule has 0 saturated carbocycles. The number of rotatable bonds is 6. The van der Waals surface area contributed by atoms with Gasteiger partial charge in [-0.25, -0.2) is 0 Å². The molecule has 1 saturated heterocycles. The van der Waals surface area contributed by atoms with Crippen LogP contribution in [0.5, 0.6) is 0 Å². The van der Waals surface area contributed by atoms with Crippen LogP contribution in [0.4, 0.5) is 0 Å². The summed E-state index contributed by atoms with van der Waals surface area (Å²) in [6.07, 6.45) is 3.96. The summed E-state index contributed by atoms with van der Waals surface area (Å²) in [6, 6.07) is 18.1. The predicted octanol–water partition coefficient (Wildman–Crippen LogP) is 4.57. The van der Waals surface area contributed by atoms with Crippen molar-refractivity contribution in [1.82, 2.24) is 15.4 Å². The summed E-state index contributed by atoms with van der Waals surface area (Å²) in [5.74, 6) is 0.359. The number of nitrogens with zero attached hydrogens (tertiary/aromatic N) is 2. The average molecular weight is 389 g/mol. The Labute approximate surface area is 171 Å². The summed E-state index contributed by atoms with van der Waals surface area (Å²) in [5, 5.41) is 7.09. The van der Waals surface area contributed by atoms with E-state index >= 15 is 0 Å². The predicted molar refractivity (Wildman–Crippen MR) is 113 cm³/mol. The van der Waals surface area contributed by atoms with Gasteiger partial charge in [0, 0.05) is 18.7 Å². The number of carbonyl (C=O) groups excluding carboxylic acids is 1. The lowest BCUT2D eigenvalue weighted by Crippen LogP contribution is -2.29. The van der Waals surface area contributed by atoms with Crippen molar-refractivity contribution < 1.29 is 9.32 Å². The molecule has 0 aliphatic carbocycles. The molecular formula is C24H27N3O2. The molecule has 0 radical (unpaired) electrons. The van der Waals surface area contributed by atoms with Gasteiger partial charge in [0.15, 0.2) is 0 Å². The van der Waals surface area contributed by atoms with E-state index in [1.54, 1.807) is 6.92 Å². The van der Waals surface area contributed by atoms with Crippen LogP contribution in [0, 0.1) is 6.92 Å². The summed E-state index contributed by atoms with van der Waals surface area (Å²) >= 11 is 0. The van der Waals surface area contributed by atoms with Gasteiger partial charge in [-0.05, 0) is 44.0 Å². The fraction of sp³-hybridized carbons (Fsp3) is 0.333. The van der Waals surface area contributed by atoms with Gasteiger partial charge >= 0.3 is 0 Å². The van der Waals surface area contributed by atoms with Gasteiger partial charge in [0.1, 0.15) is 17.0 Å². The first-order valence-electron chi connectivity index (χ1n) is 10.3. The molecule has 2 heterocycles. The van der Waals surface area contributed by atoms with E-state index in [4.69, 9.17) is 4.52 Å². The average Bonchev–Trinajstić information content (AvgIpc) is 3.16. The normalized spacial score (nSPS) is 14.7. The number of hydrogen-bond donors (Lipinski definition) is 1. The highest BCUT2D eigenvalue weighted by molar-refractivity contribution is 6.00. The van der Waals surface area contributed by atoms with E-state index in [1.807, 2.05) is 30.3 Å². The molecule has 3 aromatic rings. The Kier molecular flexibility index (Phi) is 6.06. The van der Waals surface area contributed by atoms with E-state index in [0.717, 1.165) is 17.7 Å². The number of piperidine rings is 1. The van der Waals surface area contributed by atoms with Gasteiger partial charge in [0.05, 0.1) is 0 Å². The van der Waals surface area contributed by atoms with E-state index in [1.165, 1.54) is 37.9 Å². The van der Waals surface area contributed by atoms with E-state index in [-0.39, 0.29) is 5.91 Å². The summed E-state index contributed by atoms with van der Waals surface area (Å²) in [5.41, 5.74) is 4.35. The number of amides is 1. The first kappa shape index (κ1) is 19.4. The molecule has 4 rings (SSSR count). The van der Waals surface area contributed by atoms with Crippen LogP contribution in [0.15, 0.2) is 59.1 Å². The van der Waals surface area contributed by atoms with Crippen LogP contribution in [-0.2, 0) is 13.1 Å². The Hall–Kier alpha value is -2.92. The minimum Gasteiger partial charge on any atom is -0.360 e. The number of aryl methyl sites for hydroxylation is 1. The number of carbonyl (C=O) groups is 1. The monoisotopic (exact) mass is 389 g/mol. The van der Waals surface area contributed by atoms with Gasteiger partial charge in [-0.15, -0.1) is 0 Å². The lowest BCUT2D eigenvalue weighted by atomic mass is 10.1. The molecule has 0 unspecified atom stereocenters. The van der Waals surface area contributed by atoms with Crippen molar-refractivity contribution in [2.45, 2.75) is 39.3 Å². The first-order chi connectivity index (χ1) is 14.2. The Morgan fingerprint density at radius 1 is 1.00 bits per heavy atom. The molecule has 1 fully saturated rings. The smallest absolute Gasteiger partial charge is 0.257 e. The summed E-state index contributed by atoms with van der Waals surface area (Å²) in [4.78, 5) is 15.3. The third-order valence-electron chi connectivity index (χ3n) is 5.47. The topological polar surface area (TPSA) is 58.4 Å². The van der Waals surface area contributed by atoms with Crippen LogP contribution in [0.2, 0.25) is 0 Å². The van der Waals surface area contributed by atoms with Crippen molar-refractivity contribution in [3.05, 3.63) is 77.0 Å². The molecule has 1 aromatic heterocycles. The highest BCUT2D eigenvalue weighted by atomic mass is 16.5. The summed E-state index contributed by atoms with van der Waals surface area (Å²) < 4.78 is 5.30. The molecule has 5 heteroatoms. The number of aromatic nitrogens is 1. The van der Waals surface area contributed by atoms with Gasteiger partial charge in [0.2, 0.25) is 0 Å². The molecule has 5 nitrogen and oxygen atoms in total. The van der Waals surface area contributed by atoms with Crippen LogP contribution in [0.1, 0.15) is 46.5 Å². The molecular weight excluding hydrogens is 362 g/mol. The van der Waals surface area contributed by atoms with Gasteiger partial charge in [-0.2, -0.15) is 0 Å². The summed E-state index contributed by atoms with van der Waals surface area (Å²) in [6.45, 7) is 5.64. The lowest BCUT2D eigenvalue weighted by molar-refractivity contribution is 0.0950. The van der Waals surface area contributed by atoms with Gasteiger partial charge in [0.25, 0.3) is 5.91 Å². The zero-order valence-electron chi connectivity index (χ0n) is 16.9. The Morgan fingerprint density at radius 2 is 1.69 bits per heavy atom. The quantitative estimate of drug-likeness (QED) is 0.671. The lowest BCUT2D eigenvalue weighted by Gasteiger charge is -2.26. The minimum absolute atomic E-state index is 0.167. The molecule has 0 atom stereocenters. The van der Waals surface area contributed by atoms with Crippen molar-refractivity contribution in [2.24, 2.45) is 0 Å². The zero-order valence-corrected chi connectivity index (χ0v) is 16.9. The Bertz CT molecular complexity index is 942. The maximum absolute atomic E-state index is 12.8. The van der Waals surface area contributed by atoms with E-state index in [9.17, 15) is 4.79 Å². The fourth-order valence-corrected chi connectivity index (χ4v) is 3.84. The van der Waals surface area contributed by atoms with Gasteiger partial charge < -0.3 is 9.84 Å². The number of nitrogens with one attached hydrogen (secondary N) is 1. The SMILES string of the molecule is Cc1onc(-c2ccccc2)c1C(=O)NCc1ccc(CN2CCCCC2)cc1. The number of hydrogen-bond acceptors (Lipinski definition) is 4. The maximum atomic E-state index is 12.8. The molecule has 1 amide bonds. The highest BCUT2D eigenvalue weighted by Crippen LogP contribution is 2.25. The highest BCUT2D eigenvalue weighted by Gasteiger charge is 2.21. The fourth-order valence-electron chi connectivity index (χ4n) is 3.84.